The Balaban J connectivity index is 2.44. The first-order valence-electron chi connectivity index (χ1n) is 5.98. The first kappa shape index (κ1) is 15.0. The fourth-order valence-corrected chi connectivity index (χ4v) is 3.03. The van der Waals surface area contributed by atoms with E-state index in [-0.39, 0.29) is 6.54 Å². The van der Waals surface area contributed by atoms with Crippen LogP contribution in [0.2, 0.25) is 0 Å². The lowest BCUT2D eigenvalue weighted by atomic mass is 10.2. The highest BCUT2D eigenvalue weighted by Crippen LogP contribution is 2.21. The molecular formula is C14H12FN3O2S. The van der Waals surface area contributed by atoms with Crippen LogP contribution in [0.3, 0.4) is 0 Å². The number of nitrogens with zero attached hydrogens (tertiary/aromatic N) is 1. The number of sulfonamides is 1. The molecule has 0 radical (unpaired) electrons. The molecule has 5 nitrogen and oxygen atoms in total. The maximum atomic E-state index is 13.5. The Morgan fingerprint density at radius 3 is 2.62 bits per heavy atom. The van der Waals surface area contributed by atoms with Gasteiger partial charge in [0, 0.05) is 12.2 Å². The maximum absolute atomic E-state index is 13.5. The molecule has 0 atom stereocenters. The molecule has 0 saturated heterocycles. The minimum atomic E-state index is -4.06. The highest BCUT2D eigenvalue weighted by molar-refractivity contribution is 7.92. The van der Waals surface area contributed by atoms with Crippen LogP contribution in [-0.4, -0.2) is 8.42 Å². The largest absolute Gasteiger partial charge is 0.326 e. The smallest absolute Gasteiger partial charge is 0.263 e. The molecule has 2 rings (SSSR count). The fraction of sp³-hybridized carbons (Fsp3) is 0.0714. The Hall–Kier alpha value is -2.43. The third-order valence-electron chi connectivity index (χ3n) is 2.79. The van der Waals surface area contributed by atoms with Crippen molar-refractivity contribution in [1.82, 2.24) is 0 Å². The molecule has 2 aromatic carbocycles. The number of nitriles is 1. The van der Waals surface area contributed by atoms with Gasteiger partial charge in [0.15, 0.2) is 0 Å². The van der Waals surface area contributed by atoms with Crippen molar-refractivity contribution in [2.45, 2.75) is 11.4 Å². The number of halogens is 1. The molecule has 0 amide bonds. The normalized spacial score (nSPS) is 10.9. The summed E-state index contributed by atoms with van der Waals surface area (Å²) in [6.45, 7) is 0.263. The van der Waals surface area contributed by atoms with Crippen LogP contribution < -0.4 is 10.5 Å². The van der Waals surface area contributed by atoms with Gasteiger partial charge in [-0.05, 0) is 29.8 Å². The summed E-state index contributed by atoms with van der Waals surface area (Å²) in [5, 5.41) is 8.91. The van der Waals surface area contributed by atoms with Crippen LogP contribution in [0.15, 0.2) is 47.4 Å². The molecule has 0 heterocycles. The topological polar surface area (TPSA) is 96.0 Å². The molecule has 0 aliphatic carbocycles. The molecule has 0 fully saturated rings. The lowest BCUT2D eigenvalue weighted by Crippen LogP contribution is -2.15. The fourth-order valence-electron chi connectivity index (χ4n) is 1.81. The molecule has 7 heteroatoms. The van der Waals surface area contributed by atoms with Gasteiger partial charge in [0.05, 0.1) is 0 Å². The van der Waals surface area contributed by atoms with Gasteiger partial charge in [-0.15, -0.1) is 0 Å². The molecule has 0 aliphatic heterocycles. The van der Waals surface area contributed by atoms with Crippen LogP contribution in [0.4, 0.5) is 10.1 Å². The quantitative estimate of drug-likeness (QED) is 0.902. The Labute approximate surface area is 121 Å². The lowest BCUT2D eigenvalue weighted by molar-refractivity contribution is 0.593. The molecule has 0 aromatic heterocycles. The summed E-state index contributed by atoms with van der Waals surface area (Å²) in [5.41, 5.74) is 6.02. The van der Waals surface area contributed by atoms with Gasteiger partial charge in [-0.1, -0.05) is 18.2 Å². The number of rotatable bonds is 4. The number of hydrogen-bond donors (Lipinski definition) is 2. The van der Waals surface area contributed by atoms with Gasteiger partial charge in [0.2, 0.25) is 0 Å². The van der Waals surface area contributed by atoms with E-state index in [1.54, 1.807) is 30.3 Å². The molecule has 0 unspecified atom stereocenters. The number of anilines is 1. The van der Waals surface area contributed by atoms with E-state index in [1.807, 2.05) is 0 Å². The lowest BCUT2D eigenvalue weighted by Gasteiger charge is -2.10. The van der Waals surface area contributed by atoms with E-state index in [2.05, 4.69) is 4.72 Å². The highest BCUT2D eigenvalue weighted by Gasteiger charge is 2.21. The van der Waals surface area contributed by atoms with Gasteiger partial charge < -0.3 is 5.73 Å². The molecule has 108 valence electrons. The maximum Gasteiger partial charge on any atom is 0.263 e. The van der Waals surface area contributed by atoms with Gasteiger partial charge in [-0.3, -0.25) is 4.72 Å². The van der Waals surface area contributed by atoms with Gasteiger partial charge in [-0.25, -0.2) is 12.8 Å². The summed E-state index contributed by atoms with van der Waals surface area (Å²) in [4.78, 5) is -0.400. The van der Waals surface area contributed by atoms with Crippen molar-refractivity contribution in [2.75, 3.05) is 4.72 Å². The van der Waals surface area contributed by atoms with E-state index < -0.39 is 26.3 Å². The Morgan fingerprint density at radius 1 is 1.24 bits per heavy atom. The molecule has 0 aliphatic rings. The van der Waals surface area contributed by atoms with Crippen LogP contribution in [0.5, 0.6) is 0 Å². The number of nitrogens with one attached hydrogen (secondary N) is 1. The predicted molar refractivity (Wildman–Crippen MR) is 76.3 cm³/mol. The first-order valence-corrected chi connectivity index (χ1v) is 7.46. The van der Waals surface area contributed by atoms with Gasteiger partial charge in [0.25, 0.3) is 10.0 Å². The molecular weight excluding hydrogens is 293 g/mol. The summed E-state index contributed by atoms with van der Waals surface area (Å²) in [5.74, 6) is -0.879. The zero-order valence-corrected chi connectivity index (χ0v) is 11.7. The summed E-state index contributed by atoms with van der Waals surface area (Å²) in [6, 6.07) is 11.5. The Kier molecular flexibility index (Phi) is 4.21. The zero-order chi connectivity index (χ0) is 15.5. The number of benzene rings is 2. The number of hydrogen-bond acceptors (Lipinski definition) is 4. The average molecular weight is 305 g/mol. The molecule has 3 N–H and O–H groups in total. The first-order chi connectivity index (χ1) is 9.97. The third kappa shape index (κ3) is 3.18. The molecule has 21 heavy (non-hydrogen) atoms. The van der Waals surface area contributed by atoms with Gasteiger partial charge >= 0.3 is 0 Å². The highest BCUT2D eigenvalue weighted by atomic mass is 32.2. The van der Waals surface area contributed by atoms with Crippen LogP contribution in [-0.2, 0) is 16.6 Å². The predicted octanol–water partition coefficient (Wildman–Crippen LogP) is 1.96. The average Bonchev–Trinajstić information content (AvgIpc) is 2.46. The molecule has 0 saturated carbocycles. The zero-order valence-electron chi connectivity index (χ0n) is 10.9. The minimum Gasteiger partial charge on any atom is -0.326 e. The van der Waals surface area contributed by atoms with Crippen LogP contribution in [0, 0.1) is 17.1 Å². The van der Waals surface area contributed by atoms with E-state index >= 15 is 0 Å². The Morgan fingerprint density at radius 2 is 1.95 bits per heavy atom. The van der Waals surface area contributed by atoms with Gasteiger partial charge in [0.1, 0.15) is 22.3 Å². The summed E-state index contributed by atoms with van der Waals surface area (Å²) in [6.07, 6.45) is 0. The van der Waals surface area contributed by atoms with E-state index in [4.69, 9.17) is 11.0 Å². The van der Waals surface area contributed by atoms with Crippen molar-refractivity contribution in [3.8, 4) is 6.07 Å². The van der Waals surface area contributed by atoms with Crippen molar-refractivity contribution in [3.63, 3.8) is 0 Å². The second-order valence-corrected chi connectivity index (χ2v) is 5.89. The second-order valence-electron chi connectivity index (χ2n) is 4.23. The van der Waals surface area contributed by atoms with E-state index in [0.717, 1.165) is 11.6 Å². The monoisotopic (exact) mass is 305 g/mol. The van der Waals surface area contributed by atoms with E-state index in [9.17, 15) is 12.8 Å². The summed E-state index contributed by atoms with van der Waals surface area (Å²) in [7, 11) is -4.06. The second kappa shape index (κ2) is 5.91. The van der Waals surface area contributed by atoms with Crippen LogP contribution in [0.25, 0.3) is 0 Å². The SMILES string of the molecule is N#Cc1c(F)cccc1S(=O)(=O)Nc1cccc(CN)c1. The van der Waals surface area contributed by atoms with Crippen LogP contribution >= 0.6 is 0 Å². The van der Waals surface area contributed by atoms with E-state index in [1.165, 1.54) is 12.1 Å². The Bertz CT molecular complexity index is 813. The summed E-state index contributed by atoms with van der Waals surface area (Å²) >= 11 is 0. The van der Waals surface area contributed by atoms with Crippen LogP contribution in [0.1, 0.15) is 11.1 Å². The van der Waals surface area contributed by atoms with E-state index in [0.29, 0.717) is 5.69 Å². The number of nitrogens with two attached hydrogens (primary N) is 1. The van der Waals surface area contributed by atoms with Crippen molar-refractivity contribution in [1.29, 1.82) is 5.26 Å². The van der Waals surface area contributed by atoms with Gasteiger partial charge in [-0.2, -0.15) is 5.26 Å². The van der Waals surface area contributed by atoms with Crippen molar-refractivity contribution >= 4 is 15.7 Å². The van der Waals surface area contributed by atoms with Crippen molar-refractivity contribution in [3.05, 3.63) is 59.4 Å². The molecule has 0 spiro atoms. The summed E-state index contributed by atoms with van der Waals surface area (Å²) < 4.78 is 40.4. The molecule has 2 aromatic rings. The minimum absolute atomic E-state index is 0.263. The van der Waals surface area contributed by atoms with Crippen molar-refractivity contribution < 1.29 is 12.8 Å². The van der Waals surface area contributed by atoms with Crippen molar-refractivity contribution in [2.24, 2.45) is 5.73 Å². The third-order valence-corrected chi connectivity index (χ3v) is 4.22. The standard InChI is InChI=1S/C14H12FN3O2S/c15-13-5-2-6-14(12(13)9-17)21(19,20)18-11-4-1-3-10(7-11)8-16/h1-7,18H,8,16H2. The molecule has 0 bridgehead atoms.